The van der Waals surface area contributed by atoms with Crippen LogP contribution < -0.4 is 5.32 Å². The molecule has 1 rings (SSSR count). The third-order valence-corrected chi connectivity index (χ3v) is 2.35. The van der Waals surface area contributed by atoms with E-state index >= 15 is 0 Å². The Hall–Kier alpha value is -0.930. The van der Waals surface area contributed by atoms with E-state index in [2.05, 4.69) is 24.1 Å². The molecule has 0 aliphatic carbocycles. The standard InChI is InChI=1S/C13H22N2O/c1-3-8-14-11-12(2)16-10-7-13-6-4-5-9-15-13/h4-6,9,12,14H,3,7-8,10-11H2,1-2H3. The molecule has 1 atom stereocenters. The van der Waals surface area contributed by atoms with Gasteiger partial charge in [0.05, 0.1) is 12.7 Å². The Morgan fingerprint density at radius 1 is 1.44 bits per heavy atom. The molecule has 0 saturated heterocycles. The van der Waals surface area contributed by atoms with Crippen molar-refractivity contribution < 1.29 is 4.74 Å². The van der Waals surface area contributed by atoms with Crippen LogP contribution in [0.4, 0.5) is 0 Å². The van der Waals surface area contributed by atoms with Crippen molar-refractivity contribution in [3.8, 4) is 0 Å². The fourth-order valence-corrected chi connectivity index (χ4v) is 1.45. The molecule has 0 aliphatic rings. The second kappa shape index (κ2) is 8.25. The van der Waals surface area contributed by atoms with Crippen molar-refractivity contribution in [1.82, 2.24) is 10.3 Å². The zero-order valence-electron chi connectivity index (χ0n) is 10.3. The van der Waals surface area contributed by atoms with Crippen LogP contribution in [0, 0.1) is 0 Å². The number of nitrogens with zero attached hydrogens (tertiary/aromatic N) is 1. The number of ether oxygens (including phenoxy) is 1. The van der Waals surface area contributed by atoms with Gasteiger partial charge in [0.25, 0.3) is 0 Å². The predicted octanol–water partition coefficient (Wildman–Crippen LogP) is 2.03. The maximum atomic E-state index is 5.69. The summed E-state index contributed by atoms with van der Waals surface area (Å²) in [6.07, 6.45) is 4.15. The van der Waals surface area contributed by atoms with Crippen LogP contribution in [0.5, 0.6) is 0 Å². The molecule has 0 radical (unpaired) electrons. The molecular weight excluding hydrogens is 200 g/mol. The van der Waals surface area contributed by atoms with E-state index in [9.17, 15) is 0 Å². The van der Waals surface area contributed by atoms with Crippen molar-refractivity contribution in [2.45, 2.75) is 32.8 Å². The van der Waals surface area contributed by atoms with Crippen molar-refractivity contribution in [3.63, 3.8) is 0 Å². The van der Waals surface area contributed by atoms with Gasteiger partial charge in [-0.05, 0) is 32.0 Å². The zero-order chi connectivity index (χ0) is 11.6. The van der Waals surface area contributed by atoms with Gasteiger partial charge < -0.3 is 10.1 Å². The molecule has 90 valence electrons. The summed E-state index contributed by atoms with van der Waals surface area (Å²) < 4.78 is 5.69. The van der Waals surface area contributed by atoms with Crippen LogP contribution in [0.15, 0.2) is 24.4 Å². The van der Waals surface area contributed by atoms with E-state index in [1.165, 1.54) is 6.42 Å². The molecule has 0 aromatic carbocycles. The molecule has 0 bridgehead atoms. The average Bonchev–Trinajstić information content (AvgIpc) is 2.31. The highest BCUT2D eigenvalue weighted by atomic mass is 16.5. The van der Waals surface area contributed by atoms with Gasteiger partial charge in [0.15, 0.2) is 0 Å². The Balaban J connectivity index is 2.06. The van der Waals surface area contributed by atoms with Gasteiger partial charge >= 0.3 is 0 Å². The van der Waals surface area contributed by atoms with Crippen LogP contribution in [-0.4, -0.2) is 30.8 Å². The van der Waals surface area contributed by atoms with Crippen molar-refractivity contribution in [2.24, 2.45) is 0 Å². The Kier molecular flexibility index (Phi) is 6.77. The molecule has 16 heavy (non-hydrogen) atoms. The van der Waals surface area contributed by atoms with Crippen LogP contribution >= 0.6 is 0 Å². The lowest BCUT2D eigenvalue weighted by Gasteiger charge is -2.13. The molecule has 0 saturated carbocycles. The molecule has 0 amide bonds. The second-order valence-electron chi connectivity index (χ2n) is 3.96. The largest absolute Gasteiger partial charge is 0.377 e. The quantitative estimate of drug-likeness (QED) is 0.683. The molecule has 1 unspecified atom stereocenters. The van der Waals surface area contributed by atoms with Gasteiger partial charge in [-0.2, -0.15) is 0 Å². The number of nitrogens with one attached hydrogen (secondary N) is 1. The van der Waals surface area contributed by atoms with Gasteiger partial charge in [0.2, 0.25) is 0 Å². The molecular formula is C13H22N2O. The SMILES string of the molecule is CCCNCC(C)OCCc1ccccn1. The molecule has 1 heterocycles. The maximum absolute atomic E-state index is 5.69. The average molecular weight is 222 g/mol. The number of aromatic nitrogens is 1. The van der Waals surface area contributed by atoms with Crippen LogP contribution in [0.1, 0.15) is 26.0 Å². The summed E-state index contributed by atoms with van der Waals surface area (Å²) >= 11 is 0. The minimum absolute atomic E-state index is 0.273. The monoisotopic (exact) mass is 222 g/mol. The van der Waals surface area contributed by atoms with E-state index in [-0.39, 0.29) is 6.10 Å². The van der Waals surface area contributed by atoms with Crippen molar-refractivity contribution in [1.29, 1.82) is 0 Å². The number of hydrogen-bond donors (Lipinski definition) is 1. The lowest BCUT2D eigenvalue weighted by molar-refractivity contribution is 0.0679. The third kappa shape index (κ3) is 5.83. The van der Waals surface area contributed by atoms with E-state index in [4.69, 9.17) is 4.74 Å². The minimum atomic E-state index is 0.273. The van der Waals surface area contributed by atoms with E-state index < -0.39 is 0 Å². The van der Waals surface area contributed by atoms with Crippen LogP contribution in [0.3, 0.4) is 0 Å². The summed E-state index contributed by atoms with van der Waals surface area (Å²) in [5.74, 6) is 0. The summed E-state index contributed by atoms with van der Waals surface area (Å²) in [5, 5.41) is 3.34. The summed E-state index contributed by atoms with van der Waals surface area (Å²) in [4.78, 5) is 4.26. The molecule has 1 aromatic heterocycles. The topological polar surface area (TPSA) is 34.1 Å². The normalized spacial score (nSPS) is 12.6. The highest BCUT2D eigenvalue weighted by Crippen LogP contribution is 1.97. The maximum Gasteiger partial charge on any atom is 0.0671 e. The molecule has 1 N–H and O–H groups in total. The van der Waals surface area contributed by atoms with Crippen LogP contribution in [-0.2, 0) is 11.2 Å². The van der Waals surface area contributed by atoms with Gasteiger partial charge in [-0.25, -0.2) is 0 Å². The zero-order valence-corrected chi connectivity index (χ0v) is 10.3. The molecule has 3 heteroatoms. The Labute approximate surface area is 98.2 Å². The van der Waals surface area contributed by atoms with Gasteiger partial charge in [0.1, 0.15) is 0 Å². The Morgan fingerprint density at radius 2 is 2.31 bits per heavy atom. The van der Waals surface area contributed by atoms with Gasteiger partial charge in [-0.1, -0.05) is 13.0 Å². The van der Waals surface area contributed by atoms with Crippen molar-refractivity contribution in [3.05, 3.63) is 30.1 Å². The lowest BCUT2D eigenvalue weighted by Crippen LogP contribution is -2.28. The van der Waals surface area contributed by atoms with Gasteiger partial charge in [-0.3, -0.25) is 4.98 Å². The summed E-state index contributed by atoms with van der Waals surface area (Å²) in [7, 11) is 0. The van der Waals surface area contributed by atoms with Crippen molar-refractivity contribution >= 4 is 0 Å². The van der Waals surface area contributed by atoms with Crippen LogP contribution in [0.2, 0.25) is 0 Å². The van der Waals surface area contributed by atoms with Crippen LogP contribution in [0.25, 0.3) is 0 Å². The molecule has 0 aliphatic heterocycles. The van der Waals surface area contributed by atoms with Gasteiger partial charge in [-0.15, -0.1) is 0 Å². The molecule has 0 spiro atoms. The first-order valence-electron chi connectivity index (χ1n) is 6.05. The molecule has 1 aromatic rings. The smallest absolute Gasteiger partial charge is 0.0671 e. The number of rotatable bonds is 8. The van der Waals surface area contributed by atoms with E-state index in [0.717, 1.165) is 31.8 Å². The molecule has 0 fully saturated rings. The van der Waals surface area contributed by atoms with E-state index in [0.29, 0.717) is 0 Å². The molecule has 3 nitrogen and oxygen atoms in total. The Morgan fingerprint density at radius 3 is 3.00 bits per heavy atom. The first kappa shape index (κ1) is 13.1. The summed E-state index contributed by atoms with van der Waals surface area (Å²) in [5.41, 5.74) is 1.09. The highest BCUT2D eigenvalue weighted by Gasteiger charge is 2.01. The van der Waals surface area contributed by atoms with Crippen molar-refractivity contribution in [2.75, 3.05) is 19.7 Å². The first-order chi connectivity index (χ1) is 7.83. The third-order valence-electron chi connectivity index (χ3n) is 2.35. The summed E-state index contributed by atoms with van der Waals surface area (Å²) in [6.45, 7) is 7.00. The number of hydrogen-bond acceptors (Lipinski definition) is 3. The highest BCUT2D eigenvalue weighted by molar-refractivity contribution is 5.03. The lowest BCUT2D eigenvalue weighted by atomic mass is 10.3. The summed E-state index contributed by atoms with van der Waals surface area (Å²) in [6, 6.07) is 5.97. The number of pyridine rings is 1. The van der Waals surface area contributed by atoms with Gasteiger partial charge in [0, 0.05) is 24.9 Å². The predicted molar refractivity (Wildman–Crippen MR) is 66.5 cm³/mol. The fraction of sp³-hybridized carbons (Fsp3) is 0.615. The Bertz CT molecular complexity index is 264. The first-order valence-corrected chi connectivity index (χ1v) is 6.05. The van der Waals surface area contributed by atoms with E-state index in [1.54, 1.807) is 0 Å². The second-order valence-corrected chi connectivity index (χ2v) is 3.96. The minimum Gasteiger partial charge on any atom is -0.377 e. The fourth-order valence-electron chi connectivity index (χ4n) is 1.45. The van der Waals surface area contributed by atoms with E-state index in [1.807, 2.05) is 24.4 Å².